The van der Waals surface area contributed by atoms with Crippen molar-refractivity contribution < 1.29 is 9.47 Å². The molecule has 0 radical (unpaired) electrons. The smallest absolute Gasteiger partial charge is 0.229 e. The third-order valence-corrected chi connectivity index (χ3v) is 7.33. The van der Waals surface area contributed by atoms with Gasteiger partial charge < -0.3 is 25.8 Å². The number of aliphatic imine (C=N–C) groups is 1. The molecule has 4 heterocycles. The molecule has 3 fully saturated rings. The summed E-state index contributed by atoms with van der Waals surface area (Å²) in [6, 6.07) is 5.23. The molecule has 2 aromatic heterocycles. The third kappa shape index (κ3) is 6.29. The first-order valence-electron chi connectivity index (χ1n) is 13.2. The Balaban J connectivity index is 1.29. The summed E-state index contributed by atoms with van der Waals surface area (Å²) in [5, 5.41) is 6.94. The maximum Gasteiger partial charge on any atom is 0.229 e. The van der Waals surface area contributed by atoms with E-state index in [1.54, 1.807) is 6.21 Å². The Bertz CT molecular complexity index is 1070. The molecule has 0 atom stereocenters. The second kappa shape index (κ2) is 11.9. The van der Waals surface area contributed by atoms with Crippen molar-refractivity contribution in [1.29, 1.82) is 0 Å². The molecular weight excluding hydrogens is 456 g/mol. The summed E-state index contributed by atoms with van der Waals surface area (Å²) in [6.07, 6.45) is 9.70. The Morgan fingerprint density at radius 1 is 1.00 bits per heavy atom. The molecule has 2 saturated heterocycles. The number of nitrogens with zero attached hydrogens (tertiary/aromatic N) is 5. The summed E-state index contributed by atoms with van der Waals surface area (Å²) in [7, 11) is 0. The van der Waals surface area contributed by atoms with Gasteiger partial charge in [-0.05, 0) is 57.6 Å². The number of hydrogen-bond donors (Lipinski definition) is 3. The van der Waals surface area contributed by atoms with Crippen LogP contribution in [0.5, 0.6) is 0 Å². The van der Waals surface area contributed by atoms with Crippen LogP contribution >= 0.6 is 0 Å². The molecule has 0 bridgehead atoms. The zero-order chi connectivity index (χ0) is 24.7. The average Bonchev–Trinajstić information content (AvgIpc) is 2.93. The largest absolute Gasteiger partial charge is 0.403 e. The Morgan fingerprint density at radius 2 is 1.75 bits per heavy atom. The molecular formula is C26H38N8O2. The molecule has 5 rings (SSSR count). The van der Waals surface area contributed by atoms with Gasteiger partial charge in [-0.3, -0.25) is 9.89 Å². The Labute approximate surface area is 212 Å². The molecule has 0 spiro atoms. The van der Waals surface area contributed by atoms with E-state index in [9.17, 15) is 0 Å². The van der Waals surface area contributed by atoms with Crippen LogP contribution in [-0.4, -0.2) is 83.7 Å². The van der Waals surface area contributed by atoms with Crippen LogP contribution in [0.25, 0.3) is 11.0 Å². The first-order chi connectivity index (χ1) is 17.7. The van der Waals surface area contributed by atoms with Crippen LogP contribution in [0.3, 0.4) is 0 Å². The van der Waals surface area contributed by atoms with Crippen molar-refractivity contribution in [2.45, 2.75) is 63.6 Å². The lowest BCUT2D eigenvalue weighted by Gasteiger charge is -2.39. The zero-order valence-corrected chi connectivity index (χ0v) is 21.2. The predicted octanol–water partition coefficient (Wildman–Crippen LogP) is 2.85. The predicted molar refractivity (Wildman–Crippen MR) is 142 cm³/mol. The number of morpholine rings is 1. The van der Waals surface area contributed by atoms with Crippen LogP contribution in [0.2, 0.25) is 0 Å². The second-order valence-corrected chi connectivity index (χ2v) is 9.88. The molecule has 1 aliphatic carbocycles. The number of pyridine rings is 1. The molecule has 2 aliphatic heterocycles. The molecule has 10 nitrogen and oxygen atoms in total. The molecule has 0 amide bonds. The minimum atomic E-state index is 0.255. The summed E-state index contributed by atoms with van der Waals surface area (Å²) in [5.41, 5.74) is 9.09. The van der Waals surface area contributed by atoms with Crippen molar-refractivity contribution in [3.05, 3.63) is 29.7 Å². The van der Waals surface area contributed by atoms with Crippen LogP contribution < -0.4 is 16.4 Å². The number of aryl methyl sites for hydroxylation is 1. The van der Waals surface area contributed by atoms with E-state index in [0.717, 1.165) is 87.7 Å². The second-order valence-electron chi connectivity index (χ2n) is 9.88. The number of nitrogens with one attached hydrogen (secondary N) is 2. The highest BCUT2D eigenvalue weighted by Crippen LogP contribution is 2.28. The van der Waals surface area contributed by atoms with E-state index in [2.05, 4.69) is 20.5 Å². The number of fused-ring (bicyclic) bond motifs is 1. The van der Waals surface area contributed by atoms with Gasteiger partial charge in [-0.1, -0.05) is 0 Å². The standard InChI is InChI=1S/C26H38N8O2/c1-18-2-7-23-24(29-18)25(30-20-3-5-22(6-4-20)34-10-14-36-15-11-34)33-26(32-23)31-21(16-27)17-28-19-8-12-35-13-9-19/h2,7,16-17,19-20,22H,3-6,8-15,27H2,1H3,(H2,30,31,32,33). The van der Waals surface area contributed by atoms with Crippen molar-refractivity contribution in [2.24, 2.45) is 10.7 Å². The SMILES string of the molecule is Cc1ccc2nc(NC(C=NC3CCOCC3)=CN)nc(NC3CCC(N4CCOCC4)CC3)c2n1. The topological polar surface area (TPSA) is 123 Å². The summed E-state index contributed by atoms with van der Waals surface area (Å²) in [5.74, 6) is 1.24. The van der Waals surface area contributed by atoms with Crippen molar-refractivity contribution in [3.8, 4) is 0 Å². The first-order valence-corrected chi connectivity index (χ1v) is 13.2. The number of nitrogens with two attached hydrogens (primary N) is 1. The van der Waals surface area contributed by atoms with Crippen LogP contribution in [0, 0.1) is 6.92 Å². The van der Waals surface area contributed by atoms with Gasteiger partial charge in [0.05, 0.1) is 30.5 Å². The number of rotatable bonds is 7. The lowest BCUT2D eigenvalue weighted by atomic mass is 9.90. The molecule has 0 aromatic carbocycles. The van der Waals surface area contributed by atoms with Crippen molar-refractivity contribution in [3.63, 3.8) is 0 Å². The van der Waals surface area contributed by atoms with Gasteiger partial charge in [-0.2, -0.15) is 4.98 Å². The highest BCUT2D eigenvalue weighted by atomic mass is 16.5. The van der Waals surface area contributed by atoms with Crippen LogP contribution in [0.4, 0.5) is 11.8 Å². The number of aromatic nitrogens is 3. The Hall–Kier alpha value is -2.82. The fourth-order valence-electron chi connectivity index (χ4n) is 5.26. The van der Waals surface area contributed by atoms with Gasteiger partial charge in [0.15, 0.2) is 5.82 Å². The van der Waals surface area contributed by atoms with Crippen molar-refractivity contribution in [2.75, 3.05) is 50.2 Å². The van der Waals surface area contributed by atoms with Crippen molar-refractivity contribution in [1.82, 2.24) is 19.9 Å². The van der Waals surface area contributed by atoms with Gasteiger partial charge >= 0.3 is 0 Å². The molecule has 0 unspecified atom stereocenters. The first kappa shape index (κ1) is 24.9. The normalized spacial score (nSPS) is 24.9. The molecule has 1 saturated carbocycles. The number of anilines is 2. The Kier molecular flexibility index (Phi) is 8.25. The maximum atomic E-state index is 5.89. The molecule has 3 aliphatic rings. The van der Waals surface area contributed by atoms with Gasteiger partial charge in [-0.25, -0.2) is 9.97 Å². The van der Waals surface area contributed by atoms with Crippen LogP contribution in [0.15, 0.2) is 29.0 Å². The highest BCUT2D eigenvalue weighted by Gasteiger charge is 2.27. The molecule has 36 heavy (non-hydrogen) atoms. The van der Waals surface area contributed by atoms with Gasteiger partial charge in [0.25, 0.3) is 0 Å². The van der Waals surface area contributed by atoms with Crippen LogP contribution in [-0.2, 0) is 9.47 Å². The summed E-state index contributed by atoms with van der Waals surface area (Å²) in [4.78, 5) is 21.6. The van der Waals surface area contributed by atoms with Gasteiger partial charge in [0.2, 0.25) is 5.95 Å². The van der Waals surface area contributed by atoms with Crippen LogP contribution in [0.1, 0.15) is 44.2 Å². The lowest BCUT2D eigenvalue weighted by molar-refractivity contribution is 0.00791. The number of hydrogen-bond acceptors (Lipinski definition) is 10. The van der Waals surface area contributed by atoms with Gasteiger partial charge in [0, 0.05) is 56.5 Å². The third-order valence-electron chi connectivity index (χ3n) is 7.33. The van der Waals surface area contributed by atoms with E-state index >= 15 is 0 Å². The number of ether oxygens (including phenoxy) is 2. The minimum Gasteiger partial charge on any atom is -0.403 e. The molecule has 10 heteroatoms. The molecule has 194 valence electrons. The Morgan fingerprint density at radius 3 is 2.50 bits per heavy atom. The van der Waals surface area contributed by atoms with Gasteiger partial charge in [0.1, 0.15) is 5.52 Å². The monoisotopic (exact) mass is 494 g/mol. The summed E-state index contributed by atoms with van der Waals surface area (Å²) >= 11 is 0. The lowest BCUT2D eigenvalue weighted by Crippen LogP contribution is -2.46. The average molecular weight is 495 g/mol. The van der Waals surface area contributed by atoms with Gasteiger partial charge in [-0.15, -0.1) is 0 Å². The van der Waals surface area contributed by atoms with E-state index < -0.39 is 0 Å². The summed E-state index contributed by atoms with van der Waals surface area (Å²) in [6.45, 7) is 7.29. The zero-order valence-electron chi connectivity index (χ0n) is 21.2. The van der Waals surface area contributed by atoms with Crippen molar-refractivity contribution >= 4 is 29.0 Å². The van der Waals surface area contributed by atoms with E-state index in [-0.39, 0.29) is 6.04 Å². The highest BCUT2D eigenvalue weighted by molar-refractivity contribution is 5.88. The van der Waals surface area contributed by atoms with E-state index in [1.807, 2.05) is 19.1 Å². The quantitative estimate of drug-likeness (QED) is 0.499. The summed E-state index contributed by atoms with van der Waals surface area (Å²) < 4.78 is 10.9. The minimum absolute atomic E-state index is 0.255. The molecule has 4 N–H and O–H groups in total. The fourth-order valence-corrected chi connectivity index (χ4v) is 5.26. The fraction of sp³-hybridized carbons (Fsp3) is 0.615. The van der Waals surface area contributed by atoms with E-state index in [0.29, 0.717) is 23.7 Å². The molecule has 2 aromatic rings. The number of allylic oxidation sites excluding steroid dienone is 1. The maximum absolute atomic E-state index is 5.89. The van der Waals surface area contributed by atoms with E-state index in [4.69, 9.17) is 30.2 Å². The van der Waals surface area contributed by atoms with E-state index in [1.165, 1.54) is 19.0 Å².